The zero-order valence-corrected chi connectivity index (χ0v) is 14.0. The van der Waals surface area contributed by atoms with Crippen LogP contribution in [0.4, 0.5) is 0 Å². The first-order valence-corrected chi connectivity index (χ1v) is 8.17. The van der Waals surface area contributed by atoms with E-state index in [4.69, 9.17) is 10.5 Å². The highest BCUT2D eigenvalue weighted by Gasteiger charge is 2.13. The number of ether oxygens (including phenoxy) is 1. The van der Waals surface area contributed by atoms with Crippen LogP contribution >= 0.6 is 0 Å². The third kappa shape index (κ3) is 4.36. The molecule has 1 aromatic heterocycles. The first kappa shape index (κ1) is 16.6. The number of aromatic nitrogens is 1. The van der Waals surface area contributed by atoms with Crippen molar-refractivity contribution in [2.24, 2.45) is 10.7 Å². The standard InChI is InChI=1S/C17H28N4O/c1-12-10-19-15(13(2)16(12)22-3)11-20-17(18)21-14-8-6-4-5-7-9-14/h10,14H,4-9,11H2,1-3H3,(H3,18,20,21). The van der Waals surface area contributed by atoms with Crippen LogP contribution in [0.25, 0.3) is 0 Å². The van der Waals surface area contributed by atoms with Crippen molar-refractivity contribution in [3.63, 3.8) is 0 Å². The van der Waals surface area contributed by atoms with E-state index < -0.39 is 0 Å². The Bertz CT molecular complexity index is 520. The second kappa shape index (κ2) is 8.01. The number of rotatable bonds is 4. The summed E-state index contributed by atoms with van der Waals surface area (Å²) in [7, 11) is 1.68. The minimum atomic E-state index is 0.466. The van der Waals surface area contributed by atoms with E-state index in [1.807, 2.05) is 20.0 Å². The number of guanidine groups is 1. The average molecular weight is 304 g/mol. The number of hydrogen-bond donors (Lipinski definition) is 2. The van der Waals surface area contributed by atoms with Crippen LogP contribution in [-0.2, 0) is 6.54 Å². The second-order valence-corrected chi connectivity index (χ2v) is 6.08. The van der Waals surface area contributed by atoms with Crippen molar-refractivity contribution in [2.75, 3.05) is 7.11 Å². The van der Waals surface area contributed by atoms with Crippen molar-refractivity contribution in [1.82, 2.24) is 10.3 Å². The summed E-state index contributed by atoms with van der Waals surface area (Å²) in [5.41, 5.74) is 9.02. The van der Waals surface area contributed by atoms with Crippen LogP contribution in [0.15, 0.2) is 11.2 Å². The Kier molecular flexibility index (Phi) is 6.04. The van der Waals surface area contributed by atoms with Gasteiger partial charge in [-0.15, -0.1) is 0 Å². The molecule has 5 nitrogen and oxygen atoms in total. The lowest BCUT2D eigenvalue weighted by Crippen LogP contribution is -2.39. The molecule has 22 heavy (non-hydrogen) atoms. The SMILES string of the molecule is COc1c(C)cnc(CN=C(N)NC2CCCCCC2)c1C. The maximum Gasteiger partial charge on any atom is 0.189 e. The van der Waals surface area contributed by atoms with E-state index in [0.29, 0.717) is 18.5 Å². The summed E-state index contributed by atoms with van der Waals surface area (Å²) in [6.07, 6.45) is 9.42. The van der Waals surface area contributed by atoms with Gasteiger partial charge in [0.25, 0.3) is 0 Å². The average Bonchev–Trinajstić information content (AvgIpc) is 2.75. The number of nitrogens with two attached hydrogens (primary N) is 1. The van der Waals surface area contributed by atoms with E-state index in [-0.39, 0.29) is 0 Å². The highest BCUT2D eigenvalue weighted by molar-refractivity contribution is 5.78. The van der Waals surface area contributed by atoms with Crippen LogP contribution in [0.3, 0.4) is 0 Å². The van der Waals surface area contributed by atoms with Crippen molar-refractivity contribution < 1.29 is 4.74 Å². The lowest BCUT2D eigenvalue weighted by atomic mass is 10.1. The molecule has 0 spiro atoms. The van der Waals surface area contributed by atoms with Crippen molar-refractivity contribution in [3.05, 3.63) is 23.0 Å². The molecule has 1 fully saturated rings. The molecule has 1 aliphatic carbocycles. The topological polar surface area (TPSA) is 72.5 Å². The normalized spacial score (nSPS) is 17.1. The molecule has 1 aromatic rings. The van der Waals surface area contributed by atoms with Gasteiger partial charge in [-0.2, -0.15) is 0 Å². The Labute approximate surface area is 133 Å². The number of aliphatic imine (C=N–C) groups is 1. The third-order valence-electron chi connectivity index (χ3n) is 4.36. The fourth-order valence-corrected chi connectivity index (χ4v) is 3.07. The molecule has 1 heterocycles. The fourth-order valence-electron chi connectivity index (χ4n) is 3.07. The van der Waals surface area contributed by atoms with Crippen molar-refractivity contribution in [2.45, 2.75) is 65.0 Å². The summed E-state index contributed by atoms with van der Waals surface area (Å²) in [5, 5.41) is 3.36. The molecule has 0 radical (unpaired) electrons. The summed E-state index contributed by atoms with van der Waals surface area (Å²) >= 11 is 0. The minimum absolute atomic E-state index is 0.466. The second-order valence-electron chi connectivity index (χ2n) is 6.08. The Balaban J connectivity index is 1.98. The summed E-state index contributed by atoms with van der Waals surface area (Å²) in [6.45, 7) is 4.49. The molecule has 0 aliphatic heterocycles. The van der Waals surface area contributed by atoms with Gasteiger partial charge in [0.15, 0.2) is 5.96 Å². The van der Waals surface area contributed by atoms with E-state index >= 15 is 0 Å². The Morgan fingerprint density at radius 3 is 2.64 bits per heavy atom. The lowest BCUT2D eigenvalue weighted by molar-refractivity contribution is 0.407. The van der Waals surface area contributed by atoms with Gasteiger partial charge in [-0.1, -0.05) is 25.7 Å². The van der Waals surface area contributed by atoms with Gasteiger partial charge >= 0.3 is 0 Å². The minimum Gasteiger partial charge on any atom is -0.496 e. The molecule has 0 saturated heterocycles. The number of aryl methyl sites for hydroxylation is 1. The smallest absolute Gasteiger partial charge is 0.189 e. The van der Waals surface area contributed by atoms with Crippen molar-refractivity contribution in [1.29, 1.82) is 0 Å². The van der Waals surface area contributed by atoms with Crippen molar-refractivity contribution in [3.8, 4) is 5.75 Å². The summed E-state index contributed by atoms with van der Waals surface area (Å²) < 4.78 is 5.42. The Morgan fingerprint density at radius 2 is 2.00 bits per heavy atom. The number of pyridine rings is 1. The molecule has 0 atom stereocenters. The van der Waals surface area contributed by atoms with Crippen LogP contribution in [0.2, 0.25) is 0 Å². The number of methoxy groups -OCH3 is 1. The van der Waals surface area contributed by atoms with Crippen LogP contribution in [0, 0.1) is 13.8 Å². The lowest BCUT2D eigenvalue weighted by Gasteiger charge is -2.17. The van der Waals surface area contributed by atoms with Crippen LogP contribution in [0.1, 0.15) is 55.3 Å². The molecule has 2 rings (SSSR count). The van der Waals surface area contributed by atoms with E-state index in [9.17, 15) is 0 Å². The fraction of sp³-hybridized carbons (Fsp3) is 0.647. The van der Waals surface area contributed by atoms with Gasteiger partial charge < -0.3 is 15.8 Å². The third-order valence-corrected chi connectivity index (χ3v) is 4.36. The van der Waals surface area contributed by atoms with Gasteiger partial charge in [-0.05, 0) is 26.7 Å². The van der Waals surface area contributed by atoms with Gasteiger partial charge in [0.2, 0.25) is 0 Å². The van der Waals surface area contributed by atoms with E-state index in [0.717, 1.165) is 22.6 Å². The predicted molar refractivity (Wildman–Crippen MR) is 90.2 cm³/mol. The molecule has 3 N–H and O–H groups in total. The number of nitrogens with zero attached hydrogens (tertiary/aromatic N) is 2. The van der Waals surface area contributed by atoms with Crippen LogP contribution in [-0.4, -0.2) is 24.1 Å². The quantitative estimate of drug-likeness (QED) is 0.510. The van der Waals surface area contributed by atoms with Gasteiger partial charge in [-0.3, -0.25) is 4.98 Å². The Hall–Kier alpha value is -1.78. The van der Waals surface area contributed by atoms with Gasteiger partial charge in [0, 0.05) is 23.4 Å². The number of hydrogen-bond acceptors (Lipinski definition) is 3. The van der Waals surface area contributed by atoms with Gasteiger partial charge in [-0.25, -0.2) is 4.99 Å². The van der Waals surface area contributed by atoms with Gasteiger partial charge in [0.05, 0.1) is 19.3 Å². The monoisotopic (exact) mass is 304 g/mol. The van der Waals surface area contributed by atoms with Crippen molar-refractivity contribution >= 4 is 5.96 Å². The molecule has 0 bridgehead atoms. The zero-order chi connectivity index (χ0) is 15.9. The van der Waals surface area contributed by atoms with E-state index in [1.54, 1.807) is 7.11 Å². The molecule has 0 unspecified atom stereocenters. The molecular formula is C17H28N4O. The maximum atomic E-state index is 6.03. The van der Waals surface area contributed by atoms with Crippen LogP contribution in [0.5, 0.6) is 5.75 Å². The van der Waals surface area contributed by atoms with Gasteiger partial charge in [0.1, 0.15) is 5.75 Å². The molecule has 1 aliphatic rings. The first-order valence-electron chi connectivity index (χ1n) is 8.17. The molecule has 0 amide bonds. The van der Waals surface area contributed by atoms with Crippen LogP contribution < -0.4 is 15.8 Å². The molecular weight excluding hydrogens is 276 g/mol. The zero-order valence-electron chi connectivity index (χ0n) is 14.0. The summed E-state index contributed by atoms with van der Waals surface area (Å²) in [6, 6.07) is 0.466. The highest BCUT2D eigenvalue weighted by Crippen LogP contribution is 2.24. The molecule has 1 saturated carbocycles. The van der Waals surface area contributed by atoms with E-state index in [1.165, 1.54) is 38.5 Å². The highest BCUT2D eigenvalue weighted by atomic mass is 16.5. The molecule has 0 aromatic carbocycles. The molecule has 122 valence electrons. The van der Waals surface area contributed by atoms with E-state index in [2.05, 4.69) is 15.3 Å². The maximum absolute atomic E-state index is 6.03. The summed E-state index contributed by atoms with van der Waals surface area (Å²) in [4.78, 5) is 8.90. The summed E-state index contributed by atoms with van der Waals surface area (Å²) in [5.74, 6) is 1.41. The molecule has 5 heteroatoms. The predicted octanol–water partition coefficient (Wildman–Crippen LogP) is 2.83. The number of nitrogens with one attached hydrogen (secondary N) is 1. The first-order chi connectivity index (χ1) is 10.6. The Morgan fingerprint density at radius 1 is 1.32 bits per heavy atom. The largest absolute Gasteiger partial charge is 0.496 e.